The smallest absolute Gasteiger partial charge is 0.306 e. The number of phosphoric acid groups is 1. The summed E-state index contributed by atoms with van der Waals surface area (Å²) in [6.45, 7) is 5.43. The number of allylic oxidation sites excluding steroid dienone is 2. The maximum atomic E-state index is 12.7. The van der Waals surface area contributed by atoms with Gasteiger partial charge in [0.1, 0.15) is 19.3 Å². The van der Waals surface area contributed by atoms with Crippen molar-refractivity contribution in [2.75, 3.05) is 54.1 Å². The van der Waals surface area contributed by atoms with Gasteiger partial charge in [-0.3, -0.25) is 9.36 Å². The van der Waals surface area contributed by atoms with Crippen molar-refractivity contribution in [1.29, 1.82) is 0 Å². The summed E-state index contributed by atoms with van der Waals surface area (Å²) in [4.78, 5) is 25.0. The van der Waals surface area contributed by atoms with Crippen molar-refractivity contribution in [1.82, 2.24) is 0 Å². The predicted molar refractivity (Wildman–Crippen MR) is 222 cm³/mol. The van der Waals surface area contributed by atoms with E-state index in [2.05, 4.69) is 26.0 Å². The number of ether oxygens (including phenoxy) is 2. The SMILES string of the molecule is CCCCCC/C=C\CCCCCCCCCC(=O)O[C@H](COCCCCCCCCCCCCCCCCCC)COP(=O)([O-])OCC[N+](C)(C)C. The van der Waals surface area contributed by atoms with Crippen molar-refractivity contribution in [2.45, 2.75) is 213 Å². The lowest BCUT2D eigenvalue weighted by Gasteiger charge is -2.28. The molecule has 0 aliphatic heterocycles. The first-order chi connectivity index (χ1) is 25.6. The standard InChI is InChI=1S/C44H88NO7P/c1-6-8-10-12-14-16-18-20-22-24-26-28-30-32-34-36-39-49-41-43(42-51-53(47,48)50-40-38-45(3,4)5)52-44(46)37-35-33-31-29-27-25-23-21-19-17-15-13-11-9-7-2/h17,19,43H,6-16,18,20-42H2,1-5H3/b19-17-/t43-/m1/s1. The molecule has 0 aliphatic rings. The van der Waals surface area contributed by atoms with Gasteiger partial charge in [0, 0.05) is 13.0 Å². The Hall–Kier alpha value is -0.760. The molecule has 0 saturated heterocycles. The molecule has 0 aromatic carbocycles. The Labute approximate surface area is 329 Å². The van der Waals surface area contributed by atoms with Gasteiger partial charge in [-0.25, -0.2) is 0 Å². The molecule has 0 fully saturated rings. The normalized spacial score (nSPS) is 13.8. The summed E-state index contributed by atoms with van der Waals surface area (Å²) in [7, 11) is 1.36. The van der Waals surface area contributed by atoms with Gasteiger partial charge < -0.3 is 27.9 Å². The fourth-order valence-electron chi connectivity index (χ4n) is 6.31. The minimum absolute atomic E-state index is 0.0285. The second-order valence-corrected chi connectivity index (χ2v) is 17.8. The summed E-state index contributed by atoms with van der Waals surface area (Å²) in [5, 5.41) is 0. The Balaban J connectivity index is 4.20. The quantitative estimate of drug-likeness (QED) is 0.0200. The number of quaternary nitrogens is 1. The Bertz CT molecular complexity index is 863. The van der Waals surface area contributed by atoms with E-state index in [1.807, 2.05) is 21.1 Å². The molecule has 53 heavy (non-hydrogen) atoms. The summed E-state index contributed by atoms with van der Waals surface area (Å²) < 4.78 is 34.6. The summed E-state index contributed by atoms with van der Waals surface area (Å²) in [5.74, 6) is -0.335. The molecule has 316 valence electrons. The Kier molecular flexibility index (Phi) is 37.6. The van der Waals surface area contributed by atoms with Crippen LogP contribution < -0.4 is 4.89 Å². The number of hydrogen-bond acceptors (Lipinski definition) is 7. The highest BCUT2D eigenvalue weighted by atomic mass is 31.2. The van der Waals surface area contributed by atoms with E-state index in [4.69, 9.17) is 18.5 Å². The average molecular weight is 774 g/mol. The van der Waals surface area contributed by atoms with E-state index in [0.717, 1.165) is 32.1 Å². The third-order valence-corrected chi connectivity index (χ3v) is 10.8. The molecule has 0 aliphatic carbocycles. The van der Waals surface area contributed by atoms with E-state index in [-0.39, 0.29) is 25.8 Å². The second-order valence-electron chi connectivity index (χ2n) is 16.4. The van der Waals surface area contributed by atoms with Gasteiger partial charge in [-0.1, -0.05) is 174 Å². The number of carbonyl (C=O) groups excluding carboxylic acids is 1. The lowest BCUT2D eigenvalue weighted by molar-refractivity contribution is -0.870. The van der Waals surface area contributed by atoms with Crippen LogP contribution in [-0.2, 0) is 27.9 Å². The maximum absolute atomic E-state index is 12.7. The van der Waals surface area contributed by atoms with Crippen molar-refractivity contribution >= 4 is 13.8 Å². The van der Waals surface area contributed by atoms with Crippen LogP contribution in [0.25, 0.3) is 0 Å². The number of nitrogens with zero attached hydrogens (tertiary/aromatic N) is 1. The van der Waals surface area contributed by atoms with E-state index in [9.17, 15) is 14.3 Å². The van der Waals surface area contributed by atoms with Crippen molar-refractivity contribution in [3.8, 4) is 0 Å². The van der Waals surface area contributed by atoms with Crippen molar-refractivity contribution in [2.24, 2.45) is 0 Å². The van der Waals surface area contributed by atoms with Crippen LogP contribution in [0.2, 0.25) is 0 Å². The van der Waals surface area contributed by atoms with Crippen LogP contribution in [0.3, 0.4) is 0 Å². The van der Waals surface area contributed by atoms with E-state index < -0.39 is 13.9 Å². The molecule has 1 unspecified atom stereocenters. The van der Waals surface area contributed by atoms with E-state index in [0.29, 0.717) is 24.1 Å². The molecular weight excluding hydrogens is 685 g/mol. The van der Waals surface area contributed by atoms with Crippen molar-refractivity contribution in [3.05, 3.63) is 12.2 Å². The Morgan fingerprint density at radius 3 is 1.45 bits per heavy atom. The van der Waals surface area contributed by atoms with Crippen LogP contribution in [0, 0.1) is 0 Å². The van der Waals surface area contributed by atoms with Crippen LogP contribution in [-0.4, -0.2) is 70.7 Å². The van der Waals surface area contributed by atoms with E-state index in [1.54, 1.807) is 0 Å². The van der Waals surface area contributed by atoms with Gasteiger partial charge in [-0.2, -0.15) is 0 Å². The summed E-state index contributed by atoms with van der Waals surface area (Å²) in [5.41, 5.74) is 0. The third-order valence-electron chi connectivity index (χ3n) is 9.82. The van der Waals surface area contributed by atoms with E-state index >= 15 is 0 Å². The third kappa shape index (κ3) is 42.2. The van der Waals surface area contributed by atoms with Crippen LogP contribution in [0.4, 0.5) is 0 Å². The molecule has 9 heteroatoms. The monoisotopic (exact) mass is 774 g/mol. The Morgan fingerprint density at radius 2 is 0.981 bits per heavy atom. The molecule has 2 atom stereocenters. The average Bonchev–Trinajstić information content (AvgIpc) is 3.11. The zero-order chi connectivity index (χ0) is 39.1. The molecule has 0 spiro atoms. The molecule has 0 radical (unpaired) electrons. The minimum atomic E-state index is -4.52. The van der Waals surface area contributed by atoms with E-state index in [1.165, 1.54) is 154 Å². The first-order valence-corrected chi connectivity index (χ1v) is 23.9. The lowest BCUT2D eigenvalue weighted by atomic mass is 10.0. The fraction of sp³-hybridized carbons (Fsp3) is 0.932. The van der Waals surface area contributed by atoms with Gasteiger partial charge in [0.2, 0.25) is 0 Å². The number of phosphoric ester groups is 1. The highest BCUT2D eigenvalue weighted by Gasteiger charge is 2.20. The number of carbonyl (C=O) groups is 1. The van der Waals surface area contributed by atoms with Gasteiger partial charge in [0.25, 0.3) is 7.82 Å². The molecule has 0 aromatic rings. The zero-order valence-corrected chi connectivity index (χ0v) is 36.6. The molecule has 8 nitrogen and oxygen atoms in total. The van der Waals surface area contributed by atoms with Gasteiger partial charge in [0.05, 0.1) is 34.4 Å². The number of esters is 1. The summed E-state index contributed by atoms with van der Waals surface area (Å²) in [6, 6.07) is 0. The molecule has 0 rings (SSSR count). The zero-order valence-electron chi connectivity index (χ0n) is 35.7. The van der Waals surface area contributed by atoms with Crippen LogP contribution in [0.5, 0.6) is 0 Å². The van der Waals surface area contributed by atoms with Crippen LogP contribution >= 0.6 is 7.82 Å². The lowest BCUT2D eigenvalue weighted by Crippen LogP contribution is -2.37. The topological polar surface area (TPSA) is 94.1 Å². The number of rotatable bonds is 42. The van der Waals surface area contributed by atoms with Crippen molar-refractivity contribution < 1.29 is 37.3 Å². The van der Waals surface area contributed by atoms with Crippen molar-refractivity contribution in [3.63, 3.8) is 0 Å². The summed E-state index contributed by atoms with van der Waals surface area (Å²) in [6.07, 6.45) is 40.7. The molecule has 0 aromatic heterocycles. The van der Waals surface area contributed by atoms with Crippen LogP contribution in [0.1, 0.15) is 206 Å². The number of likely N-dealkylation sites (N-methyl/N-ethyl adjacent to an activating group) is 1. The molecule has 0 heterocycles. The summed E-state index contributed by atoms with van der Waals surface area (Å²) >= 11 is 0. The first-order valence-electron chi connectivity index (χ1n) is 22.4. The first kappa shape index (κ1) is 52.2. The molecular formula is C44H88NO7P. The number of hydrogen-bond donors (Lipinski definition) is 0. The molecule has 0 bridgehead atoms. The van der Waals surface area contributed by atoms with Gasteiger partial charge in [-0.05, 0) is 38.5 Å². The predicted octanol–water partition coefficient (Wildman–Crippen LogP) is 12.4. The largest absolute Gasteiger partial charge is 0.756 e. The van der Waals surface area contributed by atoms with Gasteiger partial charge in [-0.15, -0.1) is 0 Å². The molecule has 0 saturated carbocycles. The van der Waals surface area contributed by atoms with Crippen LogP contribution in [0.15, 0.2) is 12.2 Å². The molecule has 0 amide bonds. The van der Waals surface area contributed by atoms with Gasteiger partial charge >= 0.3 is 5.97 Å². The molecule has 0 N–H and O–H groups in total. The minimum Gasteiger partial charge on any atom is -0.756 e. The van der Waals surface area contributed by atoms with Gasteiger partial charge in [0.15, 0.2) is 0 Å². The highest BCUT2D eigenvalue weighted by Crippen LogP contribution is 2.38. The number of unbranched alkanes of at least 4 members (excludes halogenated alkanes) is 26. The highest BCUT2D eigenvalue weighted by molar-refractivity contribution is 7.45. The Morgan fingerprint density at radius 1 is 0.566 bits per heavy atom. The maximum Gasteiger partial charge on any atom is 0.306 e. The fourth-order valence-corrected chi connectivity index (χ4v) is 7.03. The second kappa shape index (κ2) is 38.1.